The highest BCUT2D eigenvalue weighted by Gasteiger charge is 2.35. The summed E-state index contributed by atoms with van der Waals surface area (Å²) < 4.78 is 46.1. The second kappa shape index (κ2) is 8.10. The molecule has 1 aliphatic heterocycles. The van der Waals surface area contributed by atoms with E-state index in [0.29, 0.717) is 24.5 Å². The molecule has 0 radical (unpaired) electrons. The number of nitrogens with zero attached hydrogens (tertiary/aromatic N) is 2. The fourth-order valence-corrected chi connectivity index (χ4v) is 3.16. The number of rotatable bonds is 4. The van der Waals surface area contributed by atoms with Crippen molar-refractivity contribution in [3.8, 4) is 5.75 Å². The van der Waals surface area contributed by atoms with Crippen LogP contribution in [0, 0.1) is 0 Å². The number of hydrogen-bond donors (Lipinski definition) is 1. The summed E-state index contributed by atoms with van der Waals surface area (Å²) in [5.74, 6) is -0.363. The molecule has 1 amide bonds. The van der Waals surface area contributed by atoms with Gasteiger partial charge in [-0.3, -0.25) is 4.79 Å². The molecule has 1 heterocycles. The Bertz CT molecular complexity index is 847. The van der Waals surface area contributed by atoms with E-state index in [4.69, 9.17) is 4.74 Å². The molecule has 1 saturated heterocycles. The Morgan fingerprint density at radius 3 is 2.39 bits per heavy atom. The molecule has 1 aliphatic rings. The highest BCUT2D eigenvalue weighted by atomic mass is 19.4. The molecule has 0 aromatic heterocycles. The van der Waals surface area contributed by atoms with Crippen LogP contribution >= 0.6 is 0 Å². The maximum atomic E-state index is 13.7. The van der Waals surface area contributed by atoms with Crippen LogP contribution in [0.1, 0.15) is 15.9 Å². The van der Waals surface area contributed by atoms with Gasteiger partial charge in [-0.15, -0.1) is 0 Å². The zero-order valence-electron chi connectivity index (χ0n) is 15.7. The number of piperazine rings is 1. The lowest BCUT2D eigenvalue weighted by Crippen LogP contribution is -2.44. The molecule has 1 N–H and O–H groups in total. The number of amides is 1. The molecule has 0 atom stereocenters. The Balaban J connectivity index is 1.89. The number of anilines is 2. The summed E-state index contributed by atoms with van der Waals surface area (Å²) in [7, 11) is 3.38. The number of carbonyl (C=O) groups is 1. The number of methoxy groups -OCH3 is 1. The van der Waals surface area contributed by atoms with Gasteiger partial charge in [0, 0.05) is 31.9 Å². The molecule has 28 heavy (non-hydrogen) atoms. The van der Waals surface area contributed by atoms with E-state index in [1.165, 1.54) is 19.2 Å². The second-order valence-electron chi connectivity index (χ2n) is 6.67. The van der Waals surface area contributed by atoms with Gasteiger partial charge in [-0.25, -0.2) is 0 Å². The minimum Gasteiger partial charge on any atom is -0.496 e. The summed E-state index contributed by atoms with van der Waals surface area (Å²) >= 11 is 0. The Morgan fingerprint density at radius 1 is 1.07 bits per heavy atom. The van der Waals surface area contributed by atoms with Crippen molar-refractivity contribution in [3.05, 3.63) is 53.6 Å². The third-order valence-corrected chi connectivity index (χ3v) is 4.78. The van der Waals surface area contributed by atoms with Crippen LogP contribution < -0.4 is 15.0 Å². The van der Waals surface area contributed by atoms with Gasteiger partial charge in [-0.1, -0.05) is 12.1 Å². The average molecular weight is 393 g/mol. The van der Waals surface area contributed by atoms with Crippen molar-refractivity contribution in [1.29, 1.82) is 0 Å². The zero-order chi connectivity index (χ0) is 20.3. The predicted molar refractivity (Wildman–Crippen MR) is 102 cm³/mol. The summed E-state index contributed by atoms with van der Waals surface area (Å²) in [6.45, 7) is 2.88. The predicted octanol–water partition coefficient (Wildman–Crippen LogP) is 3.72. The fraction of sp³-hybridized carbons (Fsp3) is 0.350. The first-order chi connectivity index (χ1) is 13.3. The summed E-state index contributed by atoms with van der Waals surface area (Å²) in [6, 6.07) is 10.4. The topological polar surface area (TPSA) is 44.8 Å². The Labute approximate surface area is 161 Å². The molecule has 3 rings (SSSR count). The molecule has 150 valence electrons. The number of carbonyl (C=O) groups excluding carboxylic acids is 1. The molecular formula is C20H22F3N3O2. The van der Waals surface area contributed by atoms with Crippen LogP contribution in [0.4, 0.5) is 24.5 Å². The largest absolute Gasteiger partial charge is 0.496 e. The van der Waals surface area contributed by atoms with E-state index in [9.17, 15) is 18.0 Å². The highest BCUT2D eigenvalue weighted by Crippen LogP contribution is 2.38. The SMILES string of the molecule is COc1ccccc1C(=O)Nc1ccc(N2CCN(C)CC2)cc1C(F)(F)F. The van der Waals surface area contributed by atoms with Crippen LogP contribution in [-0.4, -0.2) is 51.1 Å². The minimum absolute atomic E-state index is 0.168. The fourth-order valence-electron chi connectivity index (χ4n) is 3.16. The van der Waals surface area contributed by atoms with Gasteiger partial charge in [0.25, 0.3) is 5.91 Å². The third-order valence-electron chi connectivity index (χ3n) is 4.78. The first-order valence-corrected chi connectivity index (χ1v) is 8.88. The molecule has 0 spiro atoms. The van der Waals surface area contributed by atoms with Gasteiger partial charge in [-0.05, 0) is 37.4 Å². The van der Waals surface area contributed by atoms with Crippen molar-refractivity contribution < 1.29 is 22.7 Å². The molecule has 8 heteroatoms. The van der Waals surface area contributed by atoms with E-state index in [1.54, 1.807) is 24.3 Å². The van der Waals surface area contributed by atoms with Crippen LogP contribution in [0.15, 0.2) is 42.5 Å². The van der Waals surface area contributed by atoms with E-state index in [-0.39, 0.29) is 11.3 Å². The Hall–Kier alpha value is -2.74. The van der Waals surface area contributed by atoms with Crippen molar-refractivity contribution >= 4 is 17.3 Å². The lowest BCUT2D eigenvalue weighted by atomic mass is 10.1. The number of likely N-dealkylation sites (N-methyl/N-ethyl adjacent to an activating group) is 1. The molecular weight excluding hydrogens is 371 g/mol. The number of ether oxygens (including phenoxy) is 1. The molecule has 1 fully saturated rings. The van der Waals surface area contributed by atoms with Crippen molar-refractivity contribution in [2.24, 2.45) is 0 Å². The van der Waals surface area contributed by atoms with Crippen molar-refractivity contribution in [2.45, 2.75) is 6.18 Å². The number of para-hydroxylation sites is 1. The van der Waals surface area contributed by atoms with Gasteiger partial charge < -0.3 is 19.9 Å². The average Bonchev–Trinajstić information content (AvgIpc) is 2.68. The lowest BCUT2D eigenvalue weighted by molar-refractivity contribution is -0.136. The van der Waals surface area contributed by atoms with E-state index in [2.05, 4.69) is 10.2 Å². The molecule has 2 aromatic rings. The number of hydrogen-bond acceptors (Lipinski definition) is 4. The van der Waals surface area contributed by atoms with Crippen LogP contribution in [0.5, 0.6) is 5.75 Å². The van der Waals surface area contributed by atoms with E-state index >= 15 is 0 Å². The number of halogens is 3. The monoisotopic (exact) mass is 393 g/mol. The molecule has 0 aliphatic carbocycles. The maximum absolute atomic E-state index is 13.7. The van der Waals surface area contributed by atoms with Gasteiger partial charge in [0.2, 0.25) is 0 Å². The summed E-state index contributed by atoms with van der Waals surface area (Å²) in [4.78, 5) is 16.6. The third kappa shape index (κ3) is 4.39. The lowest BCUT2D eigenvalue weighted by Gasteiger charge is -2.34. The van der Waals surface area contributed by atoms with Gasteiger partial charge in [0.15, 0.2) is 0 Å². The van der Waals surface area contributed by atoms with Gasteiger partial charge in [0.05, 0.1) is 23.9 Å². The quantitative estimate of drug-likeness (QED) is 0.860. The van der Waals surface area contributed by atoms with Gasteiger partial charge >= 0.3 is 6.18 Å². The summed E-state index contributed by atoms with van der Waals surface area (Å²) in [5.41, 5.74) is -0.481. The van der Waals surface area contributed by atoms with E-state index in [1.807, 2.05) is 11.9 Å². The molecule has 0 unspecified atom stereocenters. The van der Waals surface area contributed by atoms with Crippen LogP contribution in [0.3, 0.4) is 0 Å². The Morgan fingerprint density at radius 2 is 1.75 bits per heavy atom. The van der Waals surface area contributed by atoms with Crippen molar-refractivity contribution in [3.63, 3.8) is 0 Å². The summed E-state index contributed by atoms with van der Waals surface area (Å²) in [5, 5.41) is 2.38. The van der Waals surface area contributed by atoms with E-state index < -0.39 is 17.6 Å². The molecule has 0 bridgehead atoms. The number of alkyl halides is 3. The normalized spacial score (nSPS) is 15.4. The zero-order valence-corrected chi connectivity index (χ0v) is 15.7. The van der Waals surface area contributed by atoms with Crippen LogP contribution in [0.2, 0.25) is 0 Å². The molecule has 2 aromatic carbocycles. The summed E-state index contributed by atoms with van der Waals surface area (Å²) in [6.07, 6.45) is -4.59. The molecule has 0 saturated carbocycles. The first kappa shape index (κ1) is 20.0. The number of nitrogens with one attached hydrogen (secondary N) is 1. The standard InChI is InChI=1S/C20H22F3N3O2/c1-25-9-11-26(12-10-25)14-7-8-17(16(13-14)20(21,22)23)24-19(27)15-5-3-4-6-18(15)28-2/h3-8,13H,9-12H2,1-2H3,(H,24,27). The van der Waals surface area contributed by atoms with E-state index in [0.717, 1.165) is 19.2 Å². The number of benzene rings is 2. The van der Waals surface area contributed by atoms with Crippen molar-refractivity contribution in [2.75, 3.05) is 50.6 Å². The Kier molecular flexibility index (Phi) is 5.79. The van der Waals surface area contributed by atoms with Gasteiger partial charge in [-0.2, -0.15) is 13.2 Å². The van der Waals surface area contributed by atoms with Crippen molar-refractivity contribution in [1.82, 2.24) is 4.90 Å². The van der Waals surface area contributed by atoms with Crippen LogP contribution in [-0.2, 0) is 6.18 Å². The van der Waals surface area contributed by atoms with Crippen LogP contribution in [0.25, 0.3) is 0 Å². The molecule has 5 nitrogen and oxygen atoms in total. The highest BCUT2D eigenvalue weighted by molar-refractivity contribution is 6.06. The first-order valence-electron chi connectivity index (χ1n) is 8.88. The second-order valence-corrected chi connectivity index (χ2v) is 6.67. The smallest absolute Gasteiger partial charge is 0.418 e. The van der Waals surface area contributed by atoms with Gasteiger partial charge in [0.1, 0.15) is 5.75 Å². The minimum atomic E-state index is -4.59. The maximum Gasteiger partial charge on any atom is 0.418 e.